The van der Waals surface area contributed by atoms with Crippen LogP contribution in [0.25, 0.3) is 0 Å². The summed E-state index contributed by atoms with van der Waals surface area (Å²) in [5, 5.41) is 0. The number of nitrogens with two attached hydrogens (primary N) is 1. The predicted octanol–water partition coefficient (Wildman–Crippen LogP) is 1.01. The number of hydrogen-bond donors (Lipinski definition) is 4. The lowest BCUT2D eigenvalue weighted by Crippen LogP contribution is -2.47. The molecule has 0 aliphatic carbocycles. The maximum absolute atomic E-state index is 11.6. The highest BCUT2D eigenvalue weighted by molar-refractivity contribution is 5.81. The third kappa shape index (κ3) is 3.72. The normalized spacial score (nSPS) is 24.8. The molecule has 0 bridgehead atoms. The van der Waals surface area contributed by atoms with Gasteiger partial charge in [-0.2, -0.15) is 0 Å². The molecular formula is C15H24N4O2. The molecule has 6 nitrogen and oxygen atoms in total. The Morgan fingerprint density at radius 1 is 1.33 bits per heavy atom. The maximum atomic E-state index is 11.6. The van der Waals surface area contributed by atoms with E-state index in [0.29, 0.717) is 0 Å². The smallest absolute Gasteiger partial charge is 0.252 e. The number of hydrogen-bond acceptors (Lipinski definition) is 5. The third-order valence-electron chi connectivity index (χ3n) is 3.88. The molecule has 0 aromatic heterocycles. The van der Waals surface area contributed by atoms with Crippen LogP contribution in [0.3, 0.4) is 0 Å². The van der Waals surface area contributed by atoms with Gasteiger partial charge in [0.1, 0.15) is 11.8 Å². The predicted molar refractivity (Wildman–Crippen MR) is 81.1 cm³/mol. The first-order valence-electron chi connectivity index (χ1n) is 7.41. The first kappa shape index (κ1) is 15.8. The van der Waals surface area contributed by atoms with E-state index in [9.17, 15) is 4.79 Å². The highest BCUT2D eigenvalue weighted by atomic mass is 16.5. The van der Waals surface area contributed by atoms with Gasteiger partial charge in [-0.1, -0.05) is 32.4 Å². The topological polar surface area (TPSA) is 88.4 Å². The van der Waals surface area contributed by atoms with Crippen molar-refractivity contribution in [3.8, 4) is 5.75 Å². The van der Waals surface area contributed by atoms with Crippen LogP contribution in [-0.4, -0.2) is 18.6 Å². The van der Waals surface area contributed by atoms with Crippen LogP contribution in [0, 0.1) is 5.92 Å². The van der Waals surface area contributed by atoms with Gasteiger partial charge >= 0.3 is 0 Å². The van der Waals surface area contributed by atoms with E-state index in [2.05, 4.69) is 23.2 Å². The van der Waals surface area contributed by atoms with E-state index in [-0.39, 0.29) is 23.9 Å². The van der Waals surface area contributed by atoms with Gasteiger partial charge in [-0.15, -0.1) is 0 Å². The highest BCUT2D eigenvalue weighted by Gasteiger charge is 2.37. The summed E-state index contributed by atoms with van der Waals surface area (Å²) in [6.45, 7) is 4.90. The van der Waals surface area contributed by atoms with Crippen LogP contribution in [0.1, 0.15) is 38.3 Å². The summed E-state index contributed by atoms with van der Waals surface area (Å²) in [7, 11) is 0. The average Bonchev–Trinajstić information content (AvgIpc) is 2.89. The minimum Gasteiger partial charge on any atom is -0.494 e. The van der Waals surface area contributed by atoms with Crippen molar-refractivity contribution < 1.29 is 9.53 Å². The van der Waals surface area contributed by atoms with E-state index < -0.39 is 0 Å². The molecule has 1 fully saturated rings. The van der Waals surface area contributed by atoms with Crippen molar-refractivity contribution >= 4 is 5.91 Å². The largest absolute Gasteiger partial charge is 0.494 e. The second kappa shape index (κ2) is 7.40. The fourth-order valence-corrected chi connectivity index (χ4v) is 2.52. The number of carbonyl (C=O) groups excluding carboxylic acids is 1. The van der Waals surface area contributed by atoms with Crippen LogP contribution in [0.5, 0.6) is 5.75 Å². The number of amides is 1. The van der Waals surface area contributed by atoms with Crippen molar-refractivity contribution in [2.75, 3.05) is 6.61 Å². The van der Waals surface area contributed by atoms with Crippen molar-refractivity contribution in [3.63, 3.8) is 0 Å². The van der Waals surface area contributed by atoms with E-state index in [1.165, 1.54) is 0 Å². The molecule has 3 atom stereocenters. The molecule has 1 aliphatic rings. The number of ether oxygens (including phenoxy) is 1. The van der Waals surface area contributed by atoms with Crippen LogP contribution in [0.4, 0.5) is 0 Å². The first-order chi connectivity index (χ1) is 10.2. The van der Waals surface area contributed by atoms with Crippen molar-refractivity contribution in [1.82, 2.24) is 16.3 Å². The number of rotatable bonds is 6. The van der Waals surface area contributed by atoms with Crippen LogP contribution >= 0.6 is 0 Å². The highest BCUT2D eigenvalue weighted by Crippen LogP contribution is 2.29. The van der Waals surface area contributed by atoms with Gasteiger partial charge in [0.25, 0.3) is 5.91 Å². The van der Waals surface area contributed by atoms with Crippen molar-refractivity contribution in [2.45, 2.75) is 38.8 Å². The number of carbonyl (C=O) groups is 1. The van der Waals surface area contributed by atoms with E-state index in [0.717, 1.165) is 30.8 Å². The van der Waals surface area contributed by atoms with E-state index >= 15 is 0 Å². The quantitative estimate of drug-likeness (QED) is 0.272. The van der Waals surface area contributed by atoms with Gasteiger partial charge < -0.3 is 4.74 Å². The van der Waals surface area contributed by atoms with Gasteiger partial charge in [-0.3, -0.25) is 10.2 Å². The summed E-state index contributed by atoms with van der Waals surface area (Å²) in [6, 6.07) is 7.72. The molecule has 0 saturated carbocycles. The SMILES string of the molecule is CCCCOc1ccc(C2NNC(C(=O)NN)C2C)cc1. The van der Waals surface area contributed by atoms with Crippen molar-refractivity contribution in [1.29, 1.82) is 0 Å². The van der Waals surface area contributed by atoms with Crippen molar-refractivity contribution in [3.05, 3.63) is 29.8 Å². The summed E-state index contributed by atoms with van der Waals surface area (Å²) in [5.41, 5.74) is 9.44. The van der Waals surface area contributed by atoms with E-state index in [1.54, 1.807) is 0 Å². The summed E-state index contributed by atoms with van der Waals surface area (Å²) < 4.78 is 5.65. The second-order valence-electron chi connectivity index (χ2n) is 5.38. The lowest BCUT2D eigenvalue weighted by atomic mass is 9.91. The number of hydrazine groups is 2. The Morgan fingerprint density at radius 3 is 2.67 bits per heavy atom. The molecule has 1 saturated heterocycles. The number of nitrogens with one attached hydrogen (secondary N) is 3. The molecule has 1 amide bonds. The van der Waals surface area contributed by atoms with Crippen LogP contribution in [0.2, 0.25) is 0 Å². The molecule has 116 valence electrons. The molecule has 0 spiro atoms. The Morgan fingerprint density at radius 2 is 2.05 bits per heavy atom. The molecule has 3 unspecified atom stereocenters. The van der Waals surface area contributed by atoms with Gasteiger partial charge in [0.05, 0.1) is 12.6 Å². The van der Waals surface area contributed by atoms with Gasteiger partial charge in [-0.05, 0) is 24.1 Å². The van der Waals surface area contributed by atoms with E-state index in [4.69, 9.17) is 10.6 Å². The Bertz CT molecular complexity index is 463. The van der Waals surface area contributed by atoms with Crippen molar-refractivity contribution in [2.24, 2.45) is 11.8 Å². The zero-order valence-corrected chi connectivity index (χ0v) is 12.6. The minimum absolute atomic E-state index is 0.0667. The first-order valence-corrected chi connectivity index (χ1v) is 7.41. The fraction of sp³-hybridized carbons (Fsp3) is 0.533. The molecule has 6 heteroatoms. The summed E-state index contributed by atoms with van der Waals surface area (Å²) >= 11 is 0. The fourth-order valence-electron chi connectivity index (χ4n) is 2.52. The third-order valence-corrected chi connectivity index (χ3v) is 3.88. The summed E-state index contributed by atoms with van der Waals surface area (Å²) in [5.74, 6) is 5.96. The molecule has 1 aromatic rings. The summed E-state index contributed by atoms with van der Waals surface area (Å²) in [4.78, 5) is 11.6. The average molecular weight is 292 g/mol. The number of unbranched alkanes of at least 4 members (excludes halogenated alkanes) is 1. The lowest BCUT2D eigenvalue weighted by Gasteiger charge is -2.18. The molecule has 1 aliphatic heterocycles. The molecule has 1 heterocycles. The van der Waals surface area contributed by atoms with Gasteiger partial charge in [-0.25, -0.2) is 16.7 Å². The molecule has 2 rings (SSSR count). The zero-order valence-electron chi connectivity index (χ0n) is 12.6. The zero-order chi connectivity index (χ0) is 15.2. The standard InChI is InChI=1S/C15H24N4O2/c1-3-4-9-21-12-7-5-11(6-8-12)13-10(2)14(19-18-13)15(20)17-16/h5-8,10,13-14,18-19H,3-4,9,16H2,1-2H3,(H,17,20). The Labute approximate surface area is 125 Å². The minimum atomic E-state index is -0.333. The maximum Gasteiger partial charge on any atom is 0.252 e. The van der Waals surface area contributed by atoms with E-state index in [1.807, 2.05) is 31.2 Å². The van der Waals surface area contributed by atoms with Crippen LogP contribution < -0.4 is 26.9 Å². The Hall–Kier alpha value is -1.63. The molecule has 0 radical (unpaired) electrons. The summed E-state index contributed by atoms with van der Waals surface area (Å²) in [6.07, 6.45) is 2.18. The van der Waals surface area contributed by atoms with Gasteiger partial charge in [0.2, 0.25) is 0 Å². The van der Waals surface area contributed by atoms with Crippen LogP contribution in [-0.2, 0) is 4.79 Å². The Kier molecular flexibility index (Phi) is 5.55. The number of benzene rings is 1. The van der Waals surface area contributed by atoms with Gasteiger partial charge in [0, 0.05) is 5.92 Å². The second-order valence-corrected chi connectivity index (χ2v) is 5.38. The van der Waals surface area contributed by atoms with Gasteiger partial charge in [0.15, 0.2) is 0 Å². The van der Waals surface area contributed by atoms with Crippen LogP contribution in [0.15, 0.2) is 24.3 Å². The molecule has 1 aromatic carbocycles. The monoisotopic (exact) mass is 292 g/mol. The molecular weight excluding hydrogens is 268 g/mol. The molecule has 5 N–H and O–H groups in total. The molecule has 21 heavy (non-hydrogen) atoms. The Balaban J connectivity index is 1.98. The lowest BCUT2D eigenvalue weighted by molar-refractivity contribution is -0.123.